The summed E-state index contributed by atoms with van der Waals surface area (Å²) in [4.78, 5) is 67.6. The van der Waals surface area contributed by atoms with Crippen molar-refractivity contribution in [2.45, 2.75) is 76.3 Å². The van der Waals surface area contributed by atoms with Crippen LogP contribution in [0.5, 0.6) is 11.5 Å². The molecule has 4 fully saturated rings. The van der Waals surface area contributed by atoms with Gasteiger partial charge in [-0.3, -0.25) is 19.2 Å². The lowest BCUT2D eigenvalue weighted by Crippen LogP contribution is -2.51. The van der Waals surface area contributed by atoms with Crippen molar-refractivity contribution in [1.82, 2.24) is 19.6 Å². The largest absolute Gasteiger partial charge is 0.454 e. The minimum Gasteiger partial charge on any atom is -0.454 e. The van der Waals surface area contributed by atoms with Gasteiger partial charge in [-0.15, -0.1) is 0 Å². The molecule has 12 aromatic rings. The SMILES string of the molecule is Cc1ccc(N2CCN(C(=O)C(O)c3cc(F)cc(F)c3)C[C@H]2c2ccc(Cl)cc2)c(Cl)c1.Cc1ccc(N2CCN(C(=O)C(O)c3ccc(F)c(F)c3)C[C@H]2c2ccc(Cl)cc2)c(Cl)c1.Cc1ccc(N2CCN(C(=O)C(O)c3ccc(F)cc3Cl)C[C@H]2c2ccc(Cl)cc2)c(Cl)c1.Cc1ccc(N2CCN(C(=O)C(O)c3ccc4c(c3)OCO4)C[C@H]2c2ccc(Cl)cc2)c(Cl)c1. The van der Waals surface area contributed by atoms with Crippen molar-refractivity contribution < 1.29 is 71.0 Å². The first-order valence-electron chi connectivity index (χ1n) is 42.4. The highest BCUT2D eigenvalue weighted by molar-refractivity contribution is 6.35. The summed E-state index contributed by atoms with van der Waals surface area (Å²) < 4.78 is 78.2. The van der Waals surface area contributed by atoms with E-state index < -0.39 is 71.2 Å². The van der Waals surface area contributed by atoms with Crippen LogP contribution in [-0.2, 0) is 19.2 Å². The van der Waals surface area contributed by atoms with Crippen molar-refractivity contribution >= 4 is 151 Å². The second kappa shape index (κ2) is 43.8. The van der Waals surface area contributed by atoms with E-state index in [1.807, 2.05) is 161 Å². The Morgan fingerprint density at radius 3 is 0.925 bits per heavy atom. The van der Waals surface area contributed by atoms with E-state index >= 15 is 0 Å². The molecular weight excluding hydrogens is 1900 g/mol. The first-order valence-corrected chi connectivity index (χ1v) is 45.8. The summed E-state index contributed by atoms with van der Waals surface area (Å²) in [6, 6.07) is 66.5. The Kier molecular flexibility index (Phi) is 32.4. The van der Waals surface area contributed by atoms with E-state index in [0.717, 1.165) is 97.6 Å². The second-order valence-electron chi connectivity index (χ2n) is 32.8. The normalized spacial score (nSPS) is 17.5. The Labute approximate surface area is 811 Å². The predicted octanol–water partition coefficient (Wildman–Crippen LogP) is 22.8. The highest BCUT2D eigenvalue weighted by atomic mass is 35.5. The minimum absolute atomic E-state index is 0.00551. The van der Waals surface area contributed by atoms with Gasteiger partial charge in [-0.2, -0.15) is 0 Å². The zero-order valence-corrected chi connectivity index (χ0v) is 78.8. The lowest BCUT2D eigenvalue weighted by Gasteiger charge is -2.44. The second-order valence-corrected chi connectivity index (χ2v) is 36.5. The molecule has 12 aromatic carbocycles. The van der Waals surface area contributed by atoms with Crippen LogP contribution >= 0.6 is 104 Å². The Hall–Kier alpha value is -10.6. The molecule has 692 valence electrons. The molecule has 0 radical (unpaired) electrons. The van der Waals surface area contributed by atoms with Gasteiger partial charge in [0.05, 0.1) is 67.0 Å². The Morgan fingerprint density at radius 2 is 0.602 bits per heavy atom. The Balaban J connectivity index is 0.000000142. The first kappa shape index (κ1) is 98.4. The lowest BCUT2D eigenvalue weighted by atomic mass is 9.99. The molecule has 4 saturated heterocycles. The number of carbonyl (C=O) groups excluding carboxylic acids is 4. The lowest BCUT2D eigenvalue weighted by molar-refractivity contribution is -0.142. The van der Waals surface area contributed by atoms with Crippen LogP contribution in [0.1, 0.15) is 115 Å². The van der Waals surface area contributed by atoms with Crippen molar-refractivity contribution in [1.29, 1.82) is 0 Å². The van der Waals surface area contributed by atoms with Gasteiger partial charge >= 0.3 is 0 Å². The van der Waals surface area contributed by atoms with Crippen molar-refractivity contribution in [3.05, 3.63) is 384 Å². The molecule has 0 spiro atoms. The molecule has 0 aromatic heterocycles. The fourth-order valence-corrected chi connectivity index (χ4v) is 19.0. The number of nitrogens with zero attached hydrogens (tertiary/aromatic N) is 8. The summed E-state index contributed by atoms with van der Waals surface area (Å²) >= 11 is 56.7. The van der Waals surface area contributed by atoms with Gasteiger partial charge in [-0.25, -0.2) is 22.0 Å². The molecule has 4 unspecified atom stereocenters. The summed E-state index contributed by atoms with van der Waals surface area (Å²) in [6.45, 7) is 12.7. The van der Waals surface area contributed by atoms with Gasteiger partial charge in [0.2, 0.25) is 6.79 Å². The van der Waals surface area contributed by atoms with Gasteiger partial charge in [0.25, 0.3) is 23.6 Å². The van der Waals surface area contributed by atoms with E-state index in [2.05, 4.69) is 19.6 Å². The molecule has 0 aliphatic carbocycles. The highest BCUT2D eigenvalue weighted by Gasteiger charge is 2.41. The number of hydrogen-bond donors (Lipinski definition) is 4. The zero-order valence-electron chi connectivity index (χ0n) is 72.0. The van der Waals surface area contributed by atoms with E-state index in [-0.39, 0.29) is 71.7 Å². The van der Waals surface area contributed by atoms with E-state index in [0.29, 0.717) is 129 Å². The Bertz CT molecular complexity index is 6210. The number of piperazine rings is 4. The van der Waals surface area contributed by atoms with Gasteiger partial charge in [0, 0.05) is 115 Å². The molecular formula is C101H90Cl9F5N8O10. The fourth-order valence-electron chi connectivity index (χ4n) is 16.8. The van der Waals surface area contributed by atoms with Gasteiger partial charge in [0.1, 0.15) is 17.5 Å². The van der Waals surface area contributed by atoms with Crippen molar-refractivity contribution in [2.24, 2.45) is 0 Å². The van der Waals surface area contributed by atoms with Crippen molar-refractivity contribution in [3.63, 3.8) is 0 Å². The number of hydrogen-bond acceptors (Lipinski definition) is 14. The molecule has 32 heteroatoms. The predicted molar refractivity (Wildman–Crippen MR) is 514 cm³/mol. The number of aliphatic hydroxyl groups excluding tert-OH is 4. The fraction of sp³-hybridized carbons (Fsp3) is 0.248. The highest BCUT2D eigenvalue weighted by Crippen LogP contribution is 2.44. The molecule has 8 atom stereocenters. The first-order chi connectivity index (χ1) is 63.6. The molecule has 0 bridgehead atoms. The van der Waals surface area contributed by atoms with Gasteiger partial charge in [-0.1, -0.05) is 195 Å². The number of ether oxygens (including phenoxy) is 2. The van der Waals surface area contributed by atoms with Gasteiger partial charge in [0.15, 0.2) is 47.5 Å². The number of carbonyl (C=O) groups is 4. The monoisotopic (exact) mass is 1980 g/mol. The van der Waals surface area contributed by atoms with Crippen LogP contribution in [0.2, 0.25) is 45.2 Å². The number of rotatable bonds is 16. The third-order valence-electron chi connectivity index (χ3n) is 23.8. The molecule has 4 N–H and O–H groups in total. The summed E-state index contributed by atoms with van der Waals surface area (Å²) in [7, 11) is 0. The summed E-state index contributed by atoms with van der Waals surface area (Å²) in [5.74, 6) is -5.29. The van der Waals surface area contributed by atoms with Crippen LogP contribution in [0.3, 0.4) is 0 Å². The molecule has 5 aliphatic rings. The van der Waals surface area contributed by atoms with Gasteiger partial charge < -0.3 is 69.1 Å². The maximum Gasteiger partial charge on any atom is 0.256 e. The average Bonchev–Trinajstić information content (AvgIpc) is 1.78. The number of aryl methyl sites for hydroxylation is 4. The minimum atomic E-state index is -1.67. The summed E-state index contributed by atoms with van der Waals surface area (Å²) in [6.07, 6.45) is -6.05. The van der Waals surface area contributed by atoms with E-state index in [1.54, 1.807) is 64.4 Å². The number of amides is 4. The van der Waals surface area contributed by atoms with Crippen LogP contribution < -0.4 is 29.1 Å². The topological polar surface area (TPSA) is 194 Å². The zero-order chi connectivity index (χ0) is 94.9. The molecule has 133 heavy (non-hydrogen) atoms. The van der Waals surface area contributed by atoms with E-state index in [9.17, 15) is 61.6 Å². The molecule has 0 saturated carbocycles. The maximum atomic E-state index is 13.6. The summed E-state index contributed by atoms with van der Waals surface area (Å²) in [5, 5.41) is 47.7. The summed E-state index contributed by atoms with van der Waals surface area (Å²) in [5.41, 5.74) is 12.0. The maximum absolute atomic E-state index is 13.6. The van der Waals surface area contributed by atoms with Crippen LogP contribution in [0.4, 0.5) is 44.7 Å². The molecule has 18 nitrogen and oxygen atoms in total. The third-order valence-corrected chi connectivity index (χ3v) is 26.3. The molecule has 5 heterocycles. The molecule has 5 aliphatic heterocycles. The van der Waals surface area contributed by atoms with Gasteiger partial charge in [-0.05, 0) is 234 Å². The number of benzene rings is 12. The van der Waals surface area contributed by atoms with Crippen molar-refractivity contribution in [2.75, 3.05) is 105 Å². The average molecular weight is 1990 g/mol. The number of anilines is 4. The number of fused-ring (bicyclic) bond motifs is 1. The molecule has 17 rings (SSSR count). The van der Waals surface area contributed by atoms with E-state index in [1.165, 1.54) is 28.0 Å². The van der Waals surface area contributed by atoms with Crippen molar-refractivity contribution in [3.8, 4) is 11.5 Å². The van der Waals surface area contributed by atoms with Crippen LogP contribution in [-0.4, -0.2) is 149 Å². The Morgan fingerprint density at radius 1 is 0.293 bits per heavy atom. The smallest absolute Gasteiger partial charge is 0.256 e. The van der Waals surface area contributed by atoms with E-state index in [4.69, 9.17) is 114 Å². The number of halogens is 14. The molecule has 4 amide bonds. The van der Waals surface area contributed by atoms with Crippen LogP contribution in [0.15, 0.2) is 243 Å². The van der Waals surface area contributed by atoms with Crippen LogP contribution in [0, 0.1) is 56.8 Å². The third kappa shape index (κ3) is 23.7. The number of aliphatic hydroxyl groups is 4. The van der Waals surface area contributed by atoms with Crippen LogP contribution in [0.25, 0.3) is 0 Å². The standard InChI is InChI=1S/C26H24Cl2N2O4.C25H22Cl3FN2O2.2C25H22Cl2F2N2O2/c1-16-2-8-21(20(28)12-16)30-11-10-29(14-22(30)17-3-6-19(27)7-4-17)26(32)25(31)18-5-9-23-24(13-18)34-15-33-23;1-15-2-9-22(21(28)12-15)31-11-10-30(14-23(31)16-3-5-17(26)6-4-16)25(33)24(32)19-8-7-18(29)13-20(19)27;1-15-2-9-22(19(27)12-15)31-11-10-30(14-23(31)16-3-6-18(26)7-4-16)25(33)24(32)17-5-8-20(28)21(29)13-17;1-15-2-7-22(21(27)10-15)31-9-8-30(14-23(31)16-3-5-18(26)6-4-16)25(33)24(32)17-11-19(28)13-20(29)12-17/h2-9,12-13,22,25,31H,10-11,14-15H2,1H3;2*2-9,12-13,23-24,32H,10-11,14H2,1H3;2-7,10-13,23-24,32H,8-9,14H2,1H3/t22-,25?;3*23-,24?/m0000/s1. The quantitative estimate of drug-likeness (QED) is 0.0668.